The third-order valence-electron chi connectivity index (χ3n) is 5.68. The SMILES string of the molecule is Cc1c(C)c(C)[c-](C)c1C.Cc1cc(C(C)(C)C)c(O)c(C(C)(C)C)c1.[Cl-].[Cl-].[Ti+3]. The number of hydrogen-bond acceptors (Lipinski definition) is 1. The predicted molar refractivity (Wildman–Crippen MR) is 116 cm³/mol. The van der Waals surface area contributed by atoms with Crippen LogP contribution in [0.4, 0.5) is 0 Å². The van der Waals surface area contributed by atoms with Crippen LogP contribution < -0.4 is 24.8 Å². The van der Waals surface area contributed by atoms with Gasteiger partial charge in [0, 0.05) is 0 Å². The molecule has 2 aromatic carbocycles. The van der Waals surface area contributed by atoms with Gasteiger partial charge in [-0.3, -0.25) is 0 Å². The van der Waals surface area contributed by atoms with E-state index in [1.807, 2.05) is 0 Å². The van der Waals surface area contributed by atoms with Crippen molar-refractivity contribution >= 4 is 0 Å². The second kappa shape index (κ2) is 11.9. The number of benzene rings is 1. The van der Waals surface area contributed by atoms with Crippen LogP contribution in [0.5, 0.6) is 5.75 Å². The minimum absolute atomic E-state index is 0. The van der Waals surface area contributed by atoms with Crippen molar-refractivity contribution in [1.82, 2.24) is 0 Å². The Morgan fingerprint density at radius 3 is 1.14 bits per heavy atom. The second-order valence-corrected chi connectivity index (χ2v) is 9.83. The summed E-state index contributed by atoms with van der Waals surface area (Å²) in [6, 6.07) is 4.18. The fourth-order valence-electron chi connectivity index (χ4n) is 3.33. The monoisotopic (exact) mass is 473 g/mol. The Morgan fingerprint density at radius 1 is 0.690 bits per heavy atom. The normalized spacial score (nSPS) is 10.8. The Kier molecular flexibility index (Phi) is 13.7. The van der Waals surface area contributed by atoms with Crippen LogP contribution in [0.2, 0.25) is 0 Å². The molecule has 0 aromatic heterocycles. The van der Waals surface area contributed by atoms with E-state index in [2.05, 4.69) is 95.2 Å². The molecule has 1 N–H and O–H groups in total. The van der Waals surface area contributed by atoms with Gasteiger partial charge in [-0.05, 0) is 28.9 Å². The number of phenolic OH excluding ortho intramolecular Hbond substituents is 1. The molecule has 1 nitrogen and oxygen atoms in total. The molecule has 0 aliphatic rings. The van der Waals surface area contributed by atoms with Crippen molar-refractivity contribution < 1.29 is 51.6 Å². The zero-order valence-electron chi connectivity index (χ0n) is 20.4. The fourth-order valence-corrected chi connectivity index (χ4v) is 3.33. The number of phenols is 1. The Labute approximate surface area is 207 Å². The van der Waals surface area contributed by atoms with Crippen molar-refractivity contribution in [2.24, 2.45) is 0 Å². The van der Waals surface area contributed by atoms with Crippen LogP contribution >= 0.6 is 0 Å². The van der Waals surface area contributed by atoms with Gasteiger partial charge in [0.2, 0.25) is 0 Å². The first-order valence-electron chi connectivity index (χ1n) is 9.63. The Morgan fingerprint density at radius 2 is 0.966 bits per heavy atom. The summed E-state index contributed by atoms with van der Waals surface area (Å²) in [4.78, 5) is 0. The van der Waals surface area contributed by atoms with Gasteiger partial charge >= 0.3 is 21.7 Å². The number of halogens is 2. The van der Waals surface area contributed by atoms with Gasteiger partial charge in [-0.15, -0.1) is 0 Å². The van der Waals surface area contributed by atoms with Crippen molar-refractivity contribution in [1.29, 1.82) is 0 Å². The fraction of sp³-hybridized carbons (Fsp3) is 0.560. The molecule has 0 spiro atoms. The van der Waals surface area contributed by atoms with Crippen molar-refractivity contribution in [3.8, 4) is 5.75 Å². The van der Waals surface area contributed by atoms with Gasteiger partial charge < -0.3 is 29.9 Å². The molecule has 0 atom stereocenters. The van der Waals surface area contributed by atoms with E-state index in [1.54, 1.807) is 0 Å². The van der Waals surface area contributed by atoms with Crippen molar-refractivity contribution in [3.05, 3.63) is 56.6 Å². The third-order valence-corrected chi connectivity index (χ3v) is 5.68. The number of hydrogen-bond donors (Lipinski definition) is 1. The first-order chi connectivity index (χ1) is 11.6. The Hall–Kier alpha value is -0.336. The van der Waals surface area contributed by atoms with Crippen LogP contribution in [0.15, 0.2) is 12.1 Å². The maximum atomic E-state index is 10.4. The van der Waals surface area contributed by atoms with Crippen LogP contribution in [0.25, 0.3) is 0 Å². The number of aryl methyl sites for hydroxylation is 1. The molecular weight excluding hydrogens is 435 g/mol. The average molecular weight is 474 g/mol. The number of rotatable bonds is 0. The summed E-state index contributed by atoms with van der Waals surface area (Å²) in [6.45, 7) is 25.9. The van der Waals surface area contributed by atoms with Crippen LogP contribution in [-0.4, -0.2) is 5.11 Å². The maximum absolute atomic E-state index is 10.4. The van der Waals surface area contributed by atoms with Gasteiger partial charge in [0.1, 0.15) is 5.75 Å². The van der Waals surface area contributed by atoms with Crippen LogP contribution in [0, 0.1) is 41.5 Å². The third kappa shape index (κ3) is 8.02. The summed E-state index contributed by atoms with van der Waals surface area (Å²) in [5.41, 5.74) is 10.6. The minimum atomic E-state index is -0.0178. The molecule has 4 heteroatoms. The van der Waals surface area contributed by atoms with Crippen LogP contribution in [-0.2, 0) is 32.5 Å². The summed E-state index contributed by atoms with van der Waals surface area (Å²) in [5.74, 6) is 0.464. The molecule has 29 heavy (non-hydrogen) atoms. The predicted octanol–water partition coefficient (Wildman–Crippen LogP) is 1.25. The van der Waals surface area contributed by atoms with E-state index in [-0.39, 0.29) is 57.4 Å². The molecule has 0 aliphatic heterocycles. The minimum Gasteiger partial charge on any atom is -1.00 e. The zero-order valence-corrected chi connectivity index (χ0v) is 23.4. The molecule has 0 saturated carbocycles. The Bertz CT molecular complexity index is 675. The molecule has 0 aliphatic carbocycles. The van der Waals surface area contributed by atoms with Gasteiger partial charge in [0.05, 0.1) is 0 Å². The van der Waals surface area contributed by atoms with E-state index >= 15 is 0 Å². The van der Waals surface area contributed by atoms with E-state index in [1.165, 1.54) is 33.4 Å². The van der Waals surface area contributed by atoms with Gasteiger partial charge in [-0.1, -0.05) is 93.9 Å². The van der Waals surface area contributed by atoms with E-state index in [0.29, 0.717) is 5.75 Å². The van der Waals surface area contributed by atoms with Crippen LogP contribution in [0.3, 0.4) is 0 Å². The van der Waals surface area contributed by atoms with Gasteiger partial charge in [-0.25, -0.2) is 0 Å². The standard InChI is InChI=1S/C15H24O.C10H15.2ClH.Ti/c1-10-8-11(14(2,3)4)13(16)12(9-10)15(5,6)7;1-6-7(2)9(4)10(5)8(6)3;;;/h8-9,16H,1-7H3;1-5H3;2*1H;/q;-1;;;+3/p-2. The maximum Gasteiger partial charge on any atom is 3.00 e. The van der Waals surface area contributed by atoms with Crippen molar-refractivity contribution in [3.63, 3.8) is 0 Å². The zero-order chi connectivity index (χ0) is 20.6. The molecule has 0 unspecified atom stereocenters. The molecule has 1 radical (unpaired) electrons. The average Bonchev–Trinajstić information content (AvgIpc) is 2.66. The molecule has 0 saturated heterocycles. The van der Waals surface area contributed by atoms with E-state index in [4.69, 9.17) is 0 Å². The largest absolute Gasteiger partial charge is 3.00 e. The smallest absolute Gasteiger partial charge is 1.00 e. The second-order valence-electron chi connectivity index (χ2n) is 9.83. The first-order valence-corrected chi connectivity index (χ1v) is 9.63. The molecule has 0 heterocycles. The quantitative estimate of drug-likeness (QED) is 0.451. The molecule has 2 aromatic rings. The van der Waals surface area contributed by atoms with E-state index in [9.17, 15) is 5.11 Å². The Balaban J connectivity index is -0.000000457. The molecule has 2 rings (SSSR count). The van der Waals surface area contributed by atoms with Gasteiger partial charge in [0.15, 0.2) is 0 Å². The molecule has 0 bridgehead atoms. The van der Waals surface area contributed by atoms with Crippen molar-refractivity contribution in [2.75, 3.05) is 0 Å². The van der Waals surface area contributed by atoms with Gasteiger partial charge in [0.25, 0.3) is 0 Å². The molecule has 0 amide bonds. The summed E-state index contributed by atoms with van der Waals surface area (Å²) in [6.07, 6.45) is 0. The summed E-state index contributed by atoms with van der Waals surface area (Å²) < 4.78 is 0. The van der Waals surface area contributed by atoms with E-state index in [0.717, 1.165) is 11.1 Å². The number of aromatic hydroxyl groups is 1. The van der Waals surface area contributed by atoms with Crippen molar-refractivity contribution in [2.45, 2.75) is 93.9 Å². The topological polar surface area (TPSA) is 20.2 Å². The molecular formula is C25H39Cl2OTi. The first kappa shape index (κ1) is 33.3. The molecule has 163 valence electrons. The van der Waals surface area contributed by atoms with Gasteiger partial charge in [-0.2, -0.15) is 27.8 Å². The van der Waals surface area contributed by atoms with Crippen LogP contribution in [0.1, 0.15) is 86.1 Å². The van der Waals surface area contributed by atoms with E-state index < -0.39 is 0 Å². The molecule has 0 fully saturated rings. The summed E-state index contributed by atoms with van der Waals surface area (Å²) >= 11 is 0. The summed E-state index contributed by atoms with van der Waals surface area (Å²) in [7, 11) is 0. The summed E-state index contributed by atoms with van der Waals surface area (Å²) in [5, 5.41) is 10.4.